The van der Waals surface area contributed by atoms with Gasteiger partial charge >= 0.3 is 0 Å². The lowest BCUT2D eigenvalue weighted by molar-refractivity contribution is 0.260. The predicted molar refractivity (Wildman–Crippen MR) is 331 cm³/mol. The van der Waals surface area contributed by atoms with Crippen molar-refractivity contribution in [3.8, 4) is 0 Å². The molecule has 0 bridgehead atoms. The molecule has 4 heterocycles. The number of nitrogens with zero attached hydrogens (tertiary/aromatic N) is 2. The van der Waals surface area contributed by atoms with Gasteiger partial charge in [-0.2, -0.15) is 0 Å². The molecule has 3 aliphatic heterocycles. The Labute approximate surface area is 465 Å². The first-order valence-corrected chi connectivity index (χ1v) is 29.9. The van der Waals surface area contributed by atoms with Gasteiger partial charge in [0.15, 0.2) is 0 Å². The lowest BCUT2D eigenvalue weighted by Gasteiger charge is -2.45. The Hall–Kier alpha value is -5.91. The van der Waals surface area contributed by atoms with Crippen molar-refractivity contribution in [2.24, 2.45) is 0 Å². The van der Waals surface area contributed by atoms with Gasteiger partial charge in [-0.25, -0.2) is 0 Å². The fraction of sp³-hybridized carbons (Fsp3) is 0.389. The van der Waals surface area contributed by atoms with Gasteiger partial charge in [0.25, 0.3) is 6.71 Å². The van der Waals surface area contributed by atoms with E-state index >= 15 is 0 Å². The molecule has 0 radical (unpaired) electrons. The van der Waals surface area contributed by atoms with Gasteiger partial charge in [0.2, 0.25) is 0 Å². The van der Waals surface area contributed by atoms with Crippen molar-refractivity contribution >= 4 is 80.2 Å². The molecular weight excluding hydrogens is 952 g/mol. The average molecular weight is 1030 g/mol. The second-order valence-corrected chi connectivity index (χ2v) is 29.4. The molecule has 3 nitrogen and oxygen atoms in total. The summed E-state index contributed by atoms with van der Waals surface area (Å²) in [5.41, 5.74) is 23.5. The van der Waals surface area contributed by atoms with Crippen LogP contribution in [0, 0.1) is 0 Å². The molecule has 392 valence electrons. The van der Waals surface area contributed by atoms with E-state index < -0.39 is 0 Å². The minimum absolute atomic E-state index is 0.00301. The van der Waals surface area contributed by atoms with E-state index in [1.165, 1.54) is 126 Å². The molecule has 5 aliphatic rings. The maximum Gasteiger partial charge on any atom is 0.298 e. The molecule has 4 unspecified atom stereocenters. The molecule has 4 atom stereocenters. The van der Waals surface area contributed by atoms with E-state index in [1.54, 1.807) is 0 Å². The topological polar surface area (TPSA) is 19.6 Å². The van der Waals surface area contributed by atoms with Gasteiger partial charge in [-0.15, -0.1) is 11.8 Å². The van der Waals surface area contributed by atoms with Gasteiger partial charge in [0.1, 0.15) is 5.58 Å². The van der Waals surface area contributed by atoms with Gasteiger partial charge in [-0.3, -0.25) is 0 Å². The Balaban J connectivity index is 1.18. The van der Waals surface area contributed by atoms with Crippen LogP contribution in [0.3, 0.4) is 0 Å². The van der Waals surface area contributed by atoms with Crippen molar-refractivity contribution in [2.75, 3.05) is 9.80 Å². The Morgan fingerprint density at radius 2 is 1.12 bits per heavy atom. The van der Waals surface area contributed by atoms with E-state index in [-0.39, 0.29) is 50.4 Å². The highest BCUT2D eigenvalue weighted by molar-refractivity contribution is 8.01. The minimum Gasteiger partial charge on any atom is -0.468 e. The van der Waals surface area contributed by atoms with Crippen molar-refractivity contribution in [1.29, 1.82) is 0 Å². The molecular formula is C72H79BN2OS. The largest absolute Gasteiger partial charge is 0.468 e. The number of anilines is 6. The molecule has 5 heteroatoms. The van der Waals surface area contributed by atoms with Crippen molar-refractivity contribution in [1.82, 2.24) is 0 Å². The fourth-order valence-electron chi connectivity index (χ4n) is 14.9. The lowest BCUT2D eigenvalue weighted by atomic mass is 9.35. The van der Waals surface area contributed by atoms with Crippen LogP contribution in [0.15, 0.2) is 155 Å². The van der Waals surface area contributed by atoms with Crippen LogP contribution < -0.4 is 26.4 Å². The maximum atomic E-state index is 7.86. The lowest BCUT2D eigenvalue weighted by Crippen LogP contribution is -2.61. The fourth-order valence-corrected chi connectivity index (χ4v) is 16.7. The van der Waals surface area contributed by atoms with E-state index in [9.17, 15) is 0 Å². The van der Waals surface area contributed by atoms with Crippen LogP contribution in [-0.2, 0) is 33.5 Å². The standard InChI is InChI=1S/C72H79BN2OS/c1-45(47-24-18-15-19-25-47)53(40-46-22-16-14-17-23-46)48-41-59-62-60(42-48)75(52-32-28-50(29-33-52)68(5,6)7)64-54-43-56-57(70(10,11)39-38-69(56,8)9)44-61(54)76-66(64)73(62)63-58(74(59)51-30-26-49(27-31-51)67(2,3)4)35-34-55-65(63)77-72(13)37-21-20-36-71(55,72)12/h14-19,22-35,41-45,53H,20-21,36-40H2,1-13H3. The number of benzene rings is 7. The number of fused-ring (bicyclic) bond motifs is 11. The highest BCUT2D eigenvalue weighted by atomic mass is 32.2. The van der Waals surface area contributed by atoms with Crippen LogP contribution >= 0.6 is 11.8 Å². The SMILES string of the molecule is CC(c1ccccc1)C(Cc1ccccc1)c1cc2c3c(c1)N(c1ccc(C(C)(C)C)cc1)c1c(oc4cc5c(cc14)C(C)(C)CCC5(C)C)B3c1c(ccc3c1SC1(C)CCCCC31C)N2c1ccc(C(C)(C)C)cc1. The van der Waals surface area contributed by atoms with Crippen LogP contribution in [0.4, 0.5) is 34.1 Å². The summed E-state index contributed by atoms with van der Waals surface area (Å²) in [5.74, 6) is 0.385. The number of furan rings is 1. The van der Waals surface area contributed by atoms with Gasteiger partial charge < -0.3 is 14.2 Å². The molecule has 2 aliphatic carbocycles. The summed E-state index contributed by atoms with van der Waals surface area (Å²) in [5, 5.41) is 1.22. The van der Waals surface area contributed by atoms with Crippen molar-refractivity contribution in [3.63, 3.8) is 0 Å². The Bertz CT molecular complexity index is 3610. The third kappa shape index (κ3) is 7.88. The molecule has 13 rings (SSSR count). The van der Waals surface area contributed by atoms with Gasteiger partial charge in [0, 0.05) is 48.9 Å². The summed E-state index contributed by atoms with van der Waals surface area (Å²) >= 11 is 2.19. The first-order valence-electron chi connectivity index (χ1n) is 29.1. The highest BCUT2D eigenvalue weighted by Gasteiger charge is 2.57. The van der Waals surface area contributed by atoms with E-state index in [2.05, 4.69) is 257 Å². The number of hydrogen-bond acceptors (Lipinski definition) is 4. The monoisotopic (exact) mass is 1030 g/mol. The summed E-state index contributed by atoms with van der Waals surface area (Å²) in [4.78, 5) is 6.82. The van der Waals surface area contributed by atoms with Gasteiger partial charge in [-0.05, 0) is 183 Å². The minimum atomic E-state index is -0.145. The molecule has 0 amide bonds. The third-order valence-electron chi connectivity index (χ3n) is 20.1. The first-order chi connectivity index (χ1) is 36.6. The Kier molecular flexibility index (Phi) is 11.5. The number of thioether (sulfide) groups is 1. The zero-order valence-electron chi connectivity index (χ0n) is 48.2. The predicted octanol–water partition coefficient (Wildman–Crippen LogP) is 18.3. The summed E-state index contributed by atoms with van der Waals surface area (Å²) < 4.78 is 7.95. The molecule has 7 aromatic carbocycles. The Morgan fingerprint density at radius 3 is 1.73 bits per heavy atom. The Morgan fingerprint density at radius 1 is 0.558 bits per heavy atom. The van der Waals surface area contributed by atoms with Crippen LogP contribution in [0.2, 0.25) is 0 Å². The van der Waals surface area contributed by atoms with E-state index in [1.807, 2.05) is 0 Å². The summed E-state index contributed by atoms with van der Waals surface area (Å²) in [6.07, 6.45) is 8.20. The molecule has 77 heavy (non-hydrogen) atoms. The summed E-state index contributed by atoms with van der Waals surface area (Å²) in [7, 11) is 0. The molecule has 0 spiro atoms. The summed E-state index contributed by atoms with van der Waals surface area (Å²) in [6.45, 7) is 31.3. The zero-order chi connectivity index (χ0) is 53.8. The number of rotatable bonds is 7. The number of hydrogen-bond donors (Lipinski definition) is 0. The third-order valence-corrected chi connectivity index (χ3v) is 21.8. The molecule has 1 aromatic heterocycles. The van der Waals surface area contributed by atoms with Crippen LogP contribution in [0.25, 0.3) is 11.0 Å². The quantitative estimate of drug-likeness (QED) is 0.148. The van der Waals surface area contributed by atoms with Crippen LogP contribution in [-0.4, -0.2) is 11.5 Å². The van der Waals surface area contributed by atoms with Gasteiger partial charge in [0.05, 0.1) is 11.3 Å². The molecule has 1 saturated carbocycles. The zero-order valence-corrected chi connectivity index (χ0v) is 49.1. The highest BCUT2D eigenvalue weighted by Crippen LogP contribution is 2.64. The average Bonchev–Trinajstić information content (AvgIpc) is 3.98. The van der Waals surface area contributed by atoms with Crippen molar-refractivity contribution in [2.45, 2.75) is 184 Å². The van der Waals surface area contributed by atoms with Gasteiger partial charge in [-0.1, -0.05) is 187 Å². The molecule has 0 saturated heterocycles. The normalized spacial score (nSPS) is 21.6. The maximum absolute atomic E-state index is 7.86. The smallest absolute Gasteiger partial charge is 0.298 e. The van der Waals surface area contributed by atoms with E-state index in [0.717, 1.165) is 30.5 Å². The first kappa shape index (κ1) is 50.6. The second kappa shape index (κ2) is 17.5. The van der Waals surface area contributed by atoms with E-state index in [4.69, 9.17) is 4.42 Å². The van der Waals surface area contributed by atoms with Crippen LogP contribution in [0.5, 0.6) is 0 Å². The van der Waals surface area contributed by atoms with Crippen molar-refractivity contribution in [3.05, 3.63) is 190 Å². The molecule has 0 N–H and O–H groups in total. The summed E-state index contributed by atoms with van der Waals surface area (Å²) in [6, 6.07) is 57.1. The molecule has 1 fully saturated rings. The second-order valence-electron chi connectivity index (χ2n) is 27.9. The molecule has 8 aromatic rings. The van der Waals surface area contributed by atoms with E-state index in [0.29, 0.717) is 0 Å². The van der Waals surface area contributed by atoms with Crippen molar-refractivity contribution < 1.29 is 4.42 Å². The van der Waals surface area contributed by atoms with Crippen LogP contribution in [0.1, 0.15) is 185 Å².